The molecule has 0 spiro atoms. The Morgan fingerprint density at radius 1 is 0.917 bits per heavy atom. The van der Waals surface area contributed by atoms with E-state index in [-0.39, 0.29) is 6.42 Å². The topological polar surface area (TPSA) is 115 Å². The number of aliphatic hydroxyl groups excluding tert-OH is 3. The second kappa shape index (κ2) is 5.79. The van der Waals surface area contributed by atoms with Gasteiger partial charge in [-0.3, -0.25) is 9.97 Å². The minimum Gasteiger partial charge on any atom is -0.394 e. The van der Waals surface area contributed by atoms with E-state index >= 15 is 0 Å². The monoisotopic (exact) mass is 324 g/mol. The van der Waals surface area contributed by atoms with E-state index in [1.807, 2.05) is 24.3 Å². The molecule has 0 aliphatic rings. The summed E-state index contributed by atoms with van der Waals surface area (Å²) in [5.41, 5.74) is 3.12. The van der Waals surface area contributed by atoms with Crippen molar-refractivity contribution in [2.75, 3.05) is 6.61 Å². The molecular formula is C17H16N4O3. The number of rotatable bonds is 4. The number of aromatic nitrogens is 4. The summed E-state index contributed by atoms with van der Waals surface area (Å²) in [4.78, 5) is 16.7. The summed E-state index contributed by atoms with van der Waals surface area (Å²) >= 11 is 0. The van der Waals surface area contributed by atoms with Crippen molar-refractivity contribution in [3.8, 4) is 0 Å². The zero-order valence-corrected chi connectivity index (χ0v) is 12.7. The Bertz CT molecular complexity index is 958. The summed E-state index contributed by atoms with van der Waals surface area (Å²) in [6.45, 7) is -0.499. The van der Waals surface area contributed by atoms with E-state index in [2.05, 4.69) is 19.9 Å². The number of pyridine rings is 2. The standard InChI is InChI=1S/C17H16N4O3/c22-8-12(24)11(23)7-13-20-16-9-3-1-5-18-14(9)15-10(17(16)21-13)4-2-6-19-15/h1-6,11-12,22-24H,7-8H2,(H,20,21)/t11-,12+/m1/s1. The van der Waals surface area contributed by atoms with E-state index in [4.69, 9.17) is 5.11 Å². The van der Waals surface area contributed by atoms with Crippen LogP contribution in [-0.4, -0.2) is 54.1 Å². The number of aromatic amines is 1. The molecule has 2 atom stereocenters. The molecule has 4 aromatic rings. The maximum absolute atomic E-state index is 9.93. The highest BCUT2D eigenvalue weighted by molar-refractivity contribution is 6.20. The van der Waals surface area contributed by atoms with Crippen molar-refractivity contribution in [1.29, 1.82) is 0 Å². The lowest BCUT2D eigenvalue weighted by Gasteiger charge is -2.13. The normalized spacial score (nSPS) is 14.5. The van der Waals surface area contributed by atoms with Gasteiger partial charge in [-0.2, -0.15) is 0 Å². The van der Waals surface area contributed by atoms with Gasteiger partial charge in [0.2, 0.25) is 0 Å². The Hall–Kier alpha value is -2.61. The highest BCUT2D eigenvalue weighted by Gasteiger charge is 2.19. The molecule has 122 valence electrons. The maximum atomic E-state index is 9.93. The molecular weight excluding hydrogens is 308 g/mol. The summed E-state index contributed by atoms with van der Waals surface area (Å²) in [7, 11) is 0. The van der Waals surface area contributed by atoms with Crippen molar-refractivity contribution in [1.82, 2.24) is 19.9 Å². The summed E-state index contributed by atoms with van der Waals surface area (Å²) < 4.78 is 0. The van der Waals surface area contributed by atoms with Crippen molar-refractivity contribution < 1.29 is 15.3 Å². The molecule has 24 heavy (non-hydrogen) atoms. The number of nitrogens with zero attached hydrogens (tertiary/aromatic N) is 3. The molecule has 0 unspecified atom stereocenters. The van der Waals surface area contributed by atoms with Crippen LogP contribution in [0.2, 0.25) is 0 Å². The lowest BCUT2D eigenvalue weighted by molar-refractivity contribution is -0.0140. The van der Waals surface area contributed by atoms with Crippen LogP contribution < -0.4 is 0 Å². The van der Waals surface area contributed by atoms with Gasteiger partial charge in [-0.1, -0.05) is 0 Å². The average molecular weight is 324 g/mol. The maximum Gasteiger partial charge on any atom is 0.109 e. The van der Waals surface area contributed by atoms with Crippen molar-refractivity contribution in [3.05, 3.63) is 42.5 Å². The van der Waals surface area contributed by atoms with E-state index in [1.54, 1.807) is 12.4 Å². The lowest BCUT2D eigenvalue weighted by Crippen LogP contribution is -2.31. The molecule has 4 N–H and O–H groups in total. The zero-order valence-electron chi connectivity index (χ0n) is 12.7. The van der Waals surface area contributed by atoms with E-state index in [0.29, 0.717) is 5.82 Å². The molecule has 0 fully saturated rings. The van der Waals surface area contributed by atoms with Crippen LogP contribution >= 0.6 is 0 Å². The molecule has 0 aliphatic heterocycles. The summed E-state index contributed by atoms with van der Waals surface area (Å²) in [6.07, 6.45) is 1.26. The number of fused-ring (bicyclic) bond motifs is 6. The number of nitrogens with one attached hydrogen (secondary N) is 1. The first-order valence-electron chi connectivity index (χ1n) is 7.66. The molecule has 7 heteroatoms. The van der Waals surface area contributed by atoms with Gasteiger partial charge in [0.05, 0.1) is 34.8 Å². The first kappa shape index (κ1) is 14.9. The molecule has 4 rings (SSSR count). The number of benzene rings is 1. The van der Waals surface area contributed by atoms with Crippen molar-refractivity contribution in [2.45, 2.75) is 18.6 Å². The Labute approximate surface area is 136 Å². The fraction of sp³-hybridized carbons (Fsp3) is 0.235. The fourth-order valence-corrected chi connectivity index (χ4v) is 2.95. The highest BCUT2D eigenvalue weighted by atomic mass is 16.4. The van der Waals surface area contributed by atoms with Gasteiger partial charge in [0.25, 0.3) is 0 Å². The van der Waals surface area contributed by atoms with Crippen LogP contribution in [0.5, 0.6) is 0 Å². The Morgan fingerprint density at radius 3 is 2.29 bits per heavy atom. The highest BCUT2D eigenvalue weighted by Crippen LogP contribution is 2.31. The SMILES string of the molecule is OC[C@H](O)[C@H](O)Cc1nc2c3cccnc3c3ncccc3c2[nH]1. The number of H-pyrrole nitrogens is 1. The number of imidazole rings is 1. The van der Waals surface area contributed by atoms with Crippen LogP contribution in [0.4, 0.5) is 0 Å². The quantitative estimate of drug-likeness (QED) is 0.415. The predicted molar refractivity (Wildman–Crippen MR) is 89.5 cm³/mol. The van der Waals surface area contributed by atoms with Gasteiger partial charge in [0.1, 0.15) is 11.9 Å². The fourth-order valence-electron chi connectivity index (χ4n) is 2.95. The van der Waals surface area contributed by atoms with Crippen molar-refractivity contribution >= 4 is 32.8 Å². The van der Waals surface area contributed by atoms with Gasteiger partial charge in [-0.15, -0.1) is 0 Å². The minimum atomic E-state index is -1.20. The van der Waals surface area contributed by atoms with Gasteiger partial charge in [-0.05, 0) is 24.3 Å². The van der Waals surface area contributed by atoms with Gasteiger partial charge >= 0.3 is 0 Å². The molecule has 3 heterocycles. The third-order valence-corrected chi connectivity index (χ3v) is 4.15. The molecule has 0 saturated heterocycles. The molecule has 0 saturated carbocycles. The first-order valence-corrected chi connectivity index (χ1v) is 7.66. The first-order chi connectivity index (χ1) is 11.7. The van der Waals surface area contributed by atoms with E-state index in [0.717, 1.165) is 32.8 Å². The smallest absolute Gasteiger partial charge is 0.109 e. The van der Waals surface area contributed by atoms with Crippen LogP contribution in [0, 0.1) is 0 Å². The third-order valence-electron chi connectivity index (χ3n) is 4.15. The van der Waals surface area contributed by atoms with Gasteiger partial charge in [-0.25, -0.2) is 4.98 Å². The van der Waals surface area contributed by atoms with Gasteiger partial charge in [0, 0.05) is 29.6 Å². The Balaban J connectivity index is 1.95. The van der Waals surface area contributed by atoms with Crippen LogP contribution in [0.3, 0.4) is 0 Å². The number of hydrogen-bond donors (Lipinski definition) is 4. The lowest BCUT2D eigenvalue weighted by atomic mass is 10.1. The van der Waals surface area contributed by atoms with E-state index < -0.39 is 18.8 Å². The van der Waals surface area contributed by atoms with Crippen molar-refractivity contribution in [3.63, 3.8) is 0 Å². The molecule has 0 aliphatic carbocycles. The van der Waals surface area contributed by atoms with Crippen LogP contribution in [-0.2, 0) is 6.42 Å². The minimum absolute atomic E-state index is 0.111. The van der Waals surface area contributed by atoms with E-state index in [1.165, 1.54) is 0 Å². The number of hydrogen-bond acceptors (Lipinski definition) is 6. The van der Waals surface area contributed by atoms with Gasteiger partial charge < -0.3 is 20.3 Å². The van der Waals surface area contributed by atoms with Crippen LogP contribution in [0.1, 0.15) is 5.82 Å². The van der Waals surface area contributed by atoms with Gasteiger partial charge in [0.15, 0.2) is 0 Å². The summed E-state index contributed by atoms with van der Waals surface area (Å²) in [6, 6.07) is 7.57. The van der Waals surface area contributed by atoms with Crippen LogP contribution in [0.15, 0.2) is 36.7 Å². The van der Waals surface area contributed by atoms with E-state index in [9.17, 15) is 10.2 Å². The Morgan fingerprint density at radius 2 is 1.58 bits per heavy atom. The number of aliphatic hydroxyl groups is 3. The van der Waals surface area contributed by atoms with Crippen molar-refractivity contribution in [2.24, 2.45) is 0 Å². The zero-order chi connectivity index (χ0) is 16.7. The molecule has 1 aromatic carbocycles. The predicted octanol–water partition coefficient (Wildman–Crippen LogP) is 0.916. The average Bonchev–Trinajstić information content (AvgIpc) is 3.05. The largest absolute Gasteiger partial charge is 0.394 e. The molecule has 0 amide bonds. The Kier molecular flexibility index (Phi) is 3.61. The molecule has 3 aromatic heterocycles. The second-order valence-corrected chi connectivity index (χ2v) is 5.73. The van der Waals surface area contributed by atoms with Crippen LogP contribution in [0.25, 0.3) is 32.8 Å². The second-order valence-electron chi connectivity index (χ2n) is 5.73. The molecule has 0 radical (unpaired) electrons. The third kappa shape index (κ3) is 2.30. The summed E-state index contributed by atoms with van der Waals surface area (Å²) in [5, 5.41) is 30.2. The summed E-state index contributed by atoms with van der Waals surface area (Å²) in [5.74, 6) is 0.534. The molecule has 0 bridgehead atoms. The molecule has 7 nitrogen and oxygen atoms in total.